The van der Waals surface area contributed by atoms with E-state index in [1.165, 1.54) is 6.92 Å². The van der Waals surface area contributed by atoms with Gasteiger partial charge >= 0.3 is 0 Å². The summed E-state index contributed by atoms with van der Waals surface area (Å²) >= 11 is 0. The Labute approximate surface area is 98.6 Å². The molecule has 1 unspecified atom stereocenters. The molecule has 0 rings (SSSR count). The fraction of sp³-hybridized carbons (Fsp3) is 0.846. The number of rotatable bonds is 4. The van der Waals surface area contributed by atoms with Crippen molar-refractivity contribution in [2.75, 3.05) is 0 Å². The summed E-state index contributed by atoms with van der Waals surface area (Å²) in [6.45, 7) is 12.7. The van der Waals surface area contributed by atoms with E-state index in [9.17, 15) is 9.59 Å². The Kier molecular flexibility index (Phi) is 4.86. The fourth-order valence-electron chi connectivity index (χ4n) is 1.17. The summed E-state index contributed by atoms with van der Waals surface area (Å²) in [7, 11) is 0. The van der Waals surface area contributed by atoms with Crippen LogP contribution in [0.4, 0.5) is 0 Å². The first-order chi connectivity index (χ1) is 6.93. The Hall–Kier alpha value is -0.700. The number of hydrogen-bond donors (Lipinski definition) is 0. The van der Waals surface area contributed by atoms with Crippen molar-refractivity contribution in [2.24, 2.45) is 5.41 Å². The third kappa shape index (κ3) is 6.01. The van der Waals surface area contributed by atoms with E-state index in [0.717, 1.165) is 0 Å². The highest BCUT2D eigenvalue weighted by atomic mass is 16.5. The maximum Gasteiger partial charge on any atom is 0.158 e. The second kappa shape index (κ2) is 5.09. The molecule has 0 aliphatic carbocycles. The number of Topliss-reactive ketones (excluding diaryl/α,β-unsaturated/α-hetero) is 2. The molecule has 0 saturated heterocycles. The smallest absolute Gasteiger partial charge is 0.158 e. The summed E-state index contributed by atoms with van der Waals surface area (Å²) in [4.78, 5) is 23.2. The van der Waals surface area contributed by atoms with Gasteiger partial charge in [-0.3, -0.25) is 9.59 Å². The van der Waals surface area contributed by atoms with E-state index < -0.39 is 17.1 Å². The molecule has 0 N–H and O–H groups in total. The van der Waals surface area contributed by atoms with Gasteiger partial charge in [0.15, 0.2) is 5.78 Å². The maximum atomic E-state index is 11.8. The summed E-state index contributed by atoms with van der Waals surface area (Å²) in [5, 5.41) is 0. The first kappa shape index (κ1) is 15.3. The van der Waals surface area contributed by atoms with E-state index in [0.29, 0.717) is 0 Å². The highest BCUT2D eigenvalue weighted by Crippen LogP contribution is 2.21. The van der Waals surface area contributed by atoms with E-state index in [4.69, 9.17) is 4.74 Å². The zero-order chi connectivity index (χ0) is 13.1. The highest BCUT2D eigenvalue weighted by molar-refractivity contribution is 5.90. The largest absolute Gasteiger partial charge is 0.364 e. The predicted octanol–water partition coefficient (Wildman–Crippen LogP) is 2.76. The molecule has 0 aromatic rings. The molecular weight excluding hydrogens is 204 g/mol. The summed E-state index contributed by atoms with van der Waals surface area (Å²) < 4.78 is 5.59. The Bertz CT molecular complexity index is 266. The van der Waals surface area contributed by atoms with E-state index >= 15 is 0 Å². The van der Waals surface area contributed by atoms with Gasteiger partial charge in [0.2, 0.25) is 0 Å². The third-order valence-electron chi connectivity index (χ3n) is 2.16. The van der Waals surface area contributed by atoms with Crippen molar-refractivity contribution >= 4 is 11.6 Å². The van der Waals surface area contributed by atoms with Crippen molar-refractivity contribution in [2.45, 2.75) is 66.6 Å². The molecule has 16 heavy (non-hydrogen) atoms. The minimum atomic E-state index is -0.619. The number of hydrogen-bond acceptors (Lipinski definition) is 3. The molecule has 0 spiro atoms. The van der Waals surface area contributed by atoms with Crippen LogP contribution in [0.2, 0.25) is 0 Å². The van der Waals surface area contributed by atoms with Crippen molar-refractivity contribution < 1.29 is 14.3 Å². The second-order valence-electron chi connectivity index (χ2n) is 6.21. The number of ketones is 2. The van der Waals surface area contributed by atoms with Crippen LogP contribution in [0.25, 0.3) is 0 Å². The van der Waals surface area contributed by atoms with Crippen molar-refractivity contribution in [3.63, 3.8) is 0 Å². The van der Waals surface area contributed by atoms with Crippen LogP contribution < -0.4 is 0 Å². The lowest BCUT2D eigenvalue weighted by molar-refractivity contribution is -0.145. The van der Waals surface area contributed by atoms with Gasteiger partial charge in [-0.2, -0.15) is 0 Å². The van der Waals surface area contributed by atoms with Gasteiger partial charge in [0.05, 0.1) is 5.60 Å². The van der Waals surface area contributed by atoms with Crippen LogP contribution in [0, 0.1) is 5.41 Å². The molecule has 0 saturated carbocycles. The average molecular weight is 228 g/mol. The summed E-state index contributed by atoms with van der Waals surface area (Å²) in [6, 6.07) is 0. The maximum absolute atomic E-state index is 11.8. The molecule has 0 aromatic carbocycles. The molecule has 0 amide bonds. The Balaban J connectivity index is 4.60. The lowest BCUT2D eigenvalue weighted by Gasteiger charge is -2.27. The molecule has 0 aliphatic heterocycles. The van der Waals surface area contributed by atoms with Gasteiger partial charge in [0.1, 0.15) is 11.9 Å². The van der Waals surface area contributed by atoms with Crippen LogP contribution in [-0.4, -0.2) is 23.3 Å². The Morgan fingerprint density at radius 2 is 1.50 bits per heavy atom. The van der Waals surface area contributed by atoms with Crippen LogP contribution in [0.3, 0.4) is 0 Å². The molecular formula is C13H24O3. The van der Waals surface area contributed by atoms with Gasteiger partial charge in [0.25, 0.3) is 0 Å². The van der Waals surface area contributed by atoms with Crippen molar-refractivity contribution in [1.29, 1.82) is 0 Å². The molecule has 0 heterocycles. The molecule has 1 atom stereocenters. The van der Waals surface area contributed by atoms with Gasteiger partial charge in [-0.15, -0.1) is 0 Å². The number of carbonyl (C=O) groups excluding carboxylic acids is 2. The minimum absolute atomic E-state index is 0.0527. The SMILES string of the molecule is CC(=O)C(CC(=O)C(C)(C)C)OC(C)(C)C. The predicted molar refractivity (Wildman–Crippen MR) is 64.4 cm³/mol. The van der Waals surface area contributed by atoms with Crippen LogP contribution in [-0.2, 0) is 14.3 Å². The van der Waals surface area contributed by atoms with Gasteiger partial charge in [-0.05, 0) is 27.7 Å². The Morgan fingerprint density at radius 1 is 1.06 bits per heavy atom. The van der Waals surface area contributed by atoms with Gasteiger partial charge < -0.3 is 4.74 Å². The number of ether oxygens (including phenoxy) is 1. The van der Waals surface area contributed by atoms with Crippen LogP contribution in [0.1, 0.15) is 54.9 Å². The third-order valence-corrected chi connectivity index (χ3v) is 2.16. The zero-order valence-corrected chi connectivity index (χ0v) is 11.5. The van der Waals surface area contributed by atoms with Crippen molar-refractivity contribution in [1.82, 2.24) is 0 Å². The first-order valence-electron chi connectivity index (χ1n) is 5.65. The molecule has 0 aliphatic rings. The molecule has 3 nitrogen and oxygen atoms in total. The molecule has 0 bridgehead atoms. The van der Waals surface area contributed by atoms with Gasteiger partial charge in [-0.25, -0.2) is 0 Å². The zero-order valence-electron chi connectivity index (χ0n) is 11.5. The monoisotopic (exact) mass is 228 g/mol. The van der Waals surface area contributed by atoms with Crippen molar-refractivity contribution in [3.8, 4) is 0 Å². The van der Waals surface area contributed by atoms with E-state index in [1.807, 2.05) is 41.5 Å². The summed E-state index contributed by atoms with van der Waals surface area (Å²) in [5.41, 5.74) is -0.830. The van der Waals surface area contributed by atoms with Crippen molar-refractivity contribution in [3.05, 3.63) is 0 Å². The lowest BCUT2D eigenvalue weighted by Crippen LogP contribution is -2.36. The number of carbonyl (C=O) groups is 2. The van der Waals surface area contributed by atoms with E-state index in [-0.39, 0.29) is 18.0 Å². The molecule has 0 aromatic heterocycles. The standard InChI is InChI=1S/C13H24O3/c1-9(14)10(16-13(5,6)7)8-11(15)12(2,3)4/h10H,8H2,1-7H3. The molecule has 0 fully saturated rings. The molecule has 94 valence electrons. The first-order valence-corrected chi connectivity index (χ1v) is 5.65. The molecule has 0 radical (unpaired) electrons. The Morgan fingerprint density at radius 3 is 1.75 bits per heavy atom. The average Bonchev–Trinajstić information content (AvgIpc) is 1.98. The van der Waals surface area contributed by atoms with Gasteiger partial charge in [0, 0.05) is 11.8 Å². The van der Waals surface area contributed by atoms with Gasteiger partial charge in [-0.1, -0.05) is 20.8 Å². The summed E-state index contributed by atoms with van der Waals surface area (Å²) in [5.74, 6) is -0.0375. The van der Waals surface area contributed by atoms with E-state index in [1.54, 1.807) is 0 Å². The molecule has 3 heteroatoms. The van der Waals surface area contributed by atoms with Crippen LogP contribution in [0.5, 0.6) is 0 Å². The second-order valence-corrected chi connectivity index (χ2v) is 6.21. The quantitative estimate of drug-likeness (QED) is 0.743. The highest BCUT2D eigenvalue weighted by Gasteiger charge is 2.29. The minimum Gasteiger partial charge on any atom is -0.364 e. The van der Waals surface area contributed by atoms with Crippen LogP contribution in [0.15, 0.2) is 0 Å². The van der Waals surface area contributed by atoms with Crippen LogP contribution >= 0.6 is 0 Å². The topological polar surface area (TPSA) is 43.4 Å². The lowest BCUT2D eigenvalue weighted by atomic mass is 9.87. The normalized spacial score (nSPS) is 14.7. The van der Waals surface area contributed by atoms with E-state index in [2.05, 4.69) is 0 Å². The summed E-state index contributed by atoms with van der Waals surface area (Å²) in [6.07, 6.45) is -0.456. The fourth-order valence-corrected chi connectivity index (χ4v) is 1.17.